The highest BCUT2D eigenvalue weighted by atomic mass is 14.6. The molecular weight excluding hydrogens is 86.1 g/mol. The van der Waals surface area contributed by atoms with E-state index in [2.05, 4.69) is 11.1 Å². The van der Waals surface area contributed by atoms with Gasteiger partial charge in [0.15, 0.2) is 0 Å². The molecule has 0 aliphatic carbocycles. The lowest BCUT2D eigenvalue weighted by molar-refractivity contribution is 1.20. The molecule has 0 aliphatic heterocycles. The minimum Gasteiger partial charge on any atom is -0.262 e. The number of hydrogen-bond donors (Lipinski definition) is 0. The molecule has 0 saturated heterocycles. The van der Waals surface area contributed by atoms with Gasteiger partial charge in [0.25, 0.3) is 0 Å². The summed E-state index contributed by atoms with van der Waals surface area (Å²) in [5, 5.41) is 0. The minimum absolute atomic E-state index is 1.02. The van der Waals surface area contributed by atoms with E-state index in [1.54, 1.807) is 12.3 Å². The van der Waals surface area contributed by atoms with E-state index in [1.807, 2.05) is 13.0 Å². The molecule has 0 atom stereocenters. The third-order valence-electron chi connectivity index (χ3n) is 0.741. The van der Waals surface area contributed by atoms with E-state index in [-0.39, 0.29) is 0 Å². The van der Waals surface area contributed by atoms with Crippen molar-refractivity contribution >= 4 is 0 Å². The van der Waals surface area contributed by atoms with Gasteiger partial charge in [0.1, 0.15) is 0 Å². The molecule has 35 valence electrons. The second-order valence-corrected chi connectivity index (χ2v) is 1.40. The zero-order valence-corrected chi connectivity index (χ0v) is 4.18. The lowest BCUT2D eigenvalue weighted by atomic mass is 10.4. The van der Waals surface area contributed by atoms with Crippen LogP contribution in [0, 0.1) is 13.0 Å². The van der Waals surface area contributed by atoms with Gasteiger partial charge in [-0.1, -0.05) is 0 Å². The van der Waals surface area contributed by atoms with Gasteiger partial charge in [-0.25, -0.2) is 0 Å². The first-order valence-corrected chi connectivity index (χ1v) is 2.18. The Bertz CT molecular complexity index is 134. The summed E-state index contributed by atoms with van der Waals surface area (Å²) in [4.78, 5) is 3.95. The second kappa shape index (κ2) is 1.73. The summed E-state index contributed by atoms with van der Waals surface area (Å²) in [5.41, 5.74) is 1.02. The molecule has 1 nitrogen and oxygen atoms in total. The minimum atomic E-state index is 1.02. The molecule has 0 bridgehead atoms. The number of aryl methyl sites for hydroxylation is 1. The summed E-state index contributed by atoms with van der Waals surface area (Å²) in [6, 6.07) is 6.53. The highest BCUT2D eigenvalue weighted by Gasteiger charge is 1.74. The number of aromatic nitrogens is 1. The molecule has 1 heterocycles. The highest BCUT2D eigenvalue weighted by molar-refractivity contribution is 4.98. The molecule has 0 amide bonds. The van der Waals surface area contributed by atoms with Crippen molar-refractivity contribution in [3.8, 4) is 0 Å². The van der Waals surface area contributed by atoms with Gasteiger partial charge in [0.2, 0.25) is 0 Å². The molecule has 7 heavy (non-hydrogen) atoms. The Morgan fingerprint density at radius 2 is 2.57 bits per heavy atom. The van der Waals surface area contributed by atoms with Crippen molar-refractivity contribution in [2.45, 2.75) is 6.92 Å². The first-order valence-electron chi connectivity index (χ1n) is 2.18. The van der Waals surface area contributed by atoms with Crippen molar-refractivity contribution in [2.24, 2.45) is 0 Å². The van der Waals surface area contributed by atoms with Gasteiger partial charge in [-0.05, 0) is 25.1 Å². The molecule has 0 aliphatic rings. The zero-order valence-electron chi connectivity index (χ0n) is 4.18. The predicted molar refractivity (Wildman–Crippen MR) is 27.8 cm³/mol. The van der Waals surface area contributed by atoms with E-state index in [9.17, 15) is 0 Å². The third kappa shape index (κ3) is 1.000. The van der Waals surface area contributed by atoms with Crippen molar-refractivity contribution in [2.75, 3.05) is 0 Å². The van der Waals surface area contributed by atoms with E-state index in [1.165, 1.54) is 0 Å². The third-order valence-corrected chi connectivity index (χ3v) is 0.741. The van der Waals surface area contributed by atoms with Gasteiger partial charge < -0.3 is 0 Å². The molecular formula is C6H6N. The van der Waals surface area contributed by atoms with Crippen molar-refractivity contribution < 1.29 is 0 Å². The van der Waals surface area contributed by atoms with Crippen LogP contribution in [0.15, 0.2) is 18.3 Å². The van der Waals surface area contributed by atoms with Gasteiger partial charge in [-0.3, -0.25) is 4.98 Å². The van der Waals surface area contributed by atoms with Gasteiger partial charge in [0, 0.05) is 11.9 Å². The largest absolute Gasteiger partial charge is 0.262 e. The fourth-order valence-corrected chi connectivity index (χ4v) is 0.404. The Hall–Kier alpha value is -0.850. The van der Waals surface area contributed by atoms with Crippen LogP contribution in [0.5, 0.6) is 0 Å². The number of pyridine rings is 1. The van der Waals surface area contributed by atoms with Gasteiger partial charge in [0.05, 0.1) is 0 Å². The average Bonchev–Trinajstić information content (AvgIpc) is 1.69. The Morgan fingerprint density at radius 1 is 1.71 bits per heavy atom. The average molecular weight is 92.1 g/mol. The normalized spacial score (nSPS) is 8.71. The predicted octanol–water partition coefficient (Wildman–Crippen LogP) is 1.19. The van der Waals surface area contributed by atoms with Gasteiger partial charge in [-0.15, -0.1) is 0 Å². The first-order chi connectivity index (χ1) is 3.39. The molecule has 1 radical (unpaired) electrons. The Morgan fingerprint density at radius 3 is 2.86 bits per heavy atom. The number of rotatable bonds is 0. The molecule has 0 fully saturated rings. The first kappa shape index (κ1) is 4.31. The molecule has 1 heteroatoms. The van der Waals surface area contributed by atoms with Crippen LogP contribution in [-0.4, -0.2) is 4.98 Å². The number of hydrogen-bond acceptors (Lipinski definition) is 1. The van der Waals surface area contributed by atoms with E-state index >= 15 is 0 Å². The van der Waals surface area contributed by atoms with E-state index in [4.69, 9.17) is 0 Å². The smallest absolute Gasteiger partial charge is 0.0378 e. The summed E-state index contributed by atoms with van der Waals surface area (Å²) in [7, 11) is 0. The summed E-state index contributed by atoms with van der Waals surface area (Å²) in [6.45, 7) is 1.94. The fraction of sp³-hybridized carbons (Fsp3) is 0.167. The standard InChI is InChI=1S/C6H6N/c1-6-4-2-3-5-7-6/h3-5H,1H3. The lowest BCUT2D eigenvalue weighted by Crippen LogP contribution is -1.73. The van der Waals surface area contributed by atoms with Crippen molar-refractivity contribution in [1.29, 1.82) is 0 Å². The van der Waals surface area contributed by atoms with Gasteiger partial charge >= 0.3 is 0 Å². The van der Waals surface area contributed by atoms with Crippen LogP contribution in [0.4, 0.5) is 0 Å². The molecule has 0 unspecified atom stereocenters. The maximum atomic E-state index is 3.95. The molecule has 1 aromatic rings. The van der Waals surface area contributed by atoms with E-state index in [0.717, 1.165) is 5.69 Å². The zero-order chi connectivity index (χ0) is 5.11. The van der Waals surface area contributed by atoms with Crippen molar-refractivity contribution in [1.82, 2.24) is 4.98 Å². The maximum Gasteiger partial charge on any atom is 0.0378 e. The summed E-state index contributed by atoms with van der Waals surface area (Å²) in [6.07, 6.45) is 1.73. The Labute approximate surface area is 43.0 Å². The summed E-state index contributed by atoms with van der Waals surface area (Å²) >= 11 is 0. The van der Waals surface area contributed by atoms with Crippen LogP contribution in [0.25, 0.3) is 0 Å². The van der Waals surface area contributed by atoms with Crippen LogP contribution in [0.2, 0.25) is 0 Å². The topological polar surface area (TPSA) is 12.9 Å². The van der Waals surface area contributed by atoms with Crippen LogP contribution < -0.4 is 0 Å². The Balaban J connectivity index is 3.02. The maximum absolute atomic E-state index is 3.95. The van der Waals surface area contributed by atoms with Crippen LogP contribution >= 0.6 is 0 Å². The lowest BCUT2D eigenvalue weighted by Gasteiger charge is -1.81. The Kier molecular flexibility index (Phi) is 1.07. The van der Waals surface area contributed by atoms with E-state index in [0.29, 0.717) is 0 Å². The van der Waals surface area contributed by atoms with E-state index < -0.39 is 0 Å². The van der Waals surface area contributed by atoms with Crippen LogP contribution in [0.1, 0.15) is 5.69 Å². The summed E-state index contributed by atoms with van der Waals surface area (Å²) in [5.74, 6) is 0. The quantitative estimate of drug-likeness (QED) is 0.468. The van der Waals surface area contributed by atoms with Gasteiger partial charge in [-0.2, -0.15) is 0 Å². The molecule has 1 aromatic heterocycles. The molecule has 0 spiro atoms. The SMILES string of the molecule is Cc1c[c]ccn1. The fourth-order valence-electron chi connectivity index (χ4n) is 0.404. The molecule has 0 N–H and O–H groups in total. The molecule has 1 rings (SSSR count). The second-order valence-electron chi connectivity index (χ2n) is 1.40. The highest BCUT2D eigenvalue weighted by Crippen LogP contribution is 1.84. The van der Waals surface area contributed by atoms with Crippen LogP contribution in [0.3, 0.4) is 0 Å². The van der Waals surface area contributed by atoms with Crippen molar-refractivity contribution in [3.63, 3.8) is 0 Å². The molecule has 0 saturated carbocycles. The monoisotopic (exact) mass is 92.1 g/mol. The molecule has 0 aromatic carbocycles. The summed E-state index contributed by atoms with van der Waals surface area (Å²) < 4.78 is 0. The van der Waals surface area contributed by atoms with Crippen molar-refractivity contribution in [3.05, 3.63) is 30.1 Å². The van der Waals surface area contributed by atoms with Crippen LogP contribution in [-0.2, 0) is 0 Å². The number of nitrogens with zero attached hydrogens (tertiary/aromatic N) is 1.